The molecule has 0 spiro atoms. The van der Waals surface area contributed by atoms with E-state index in [1.165, 1.54) is 36.7 Å². The number of nitrogens with zero attached hydrogens (tertiary/aromatic N) is 1. The van der Waals surface area contributed by atoms with Gasteiger partial charge in [-0.05, 0) is 24.3 Å². The van der Waals surface area contributed by atoms with Gasteiger partial charge in [-0.1, -0.05) is 23.2 Å². The van der Waals surface area contributed by atoms with Gasteiger partial charge in [0.25, 0.3) is 5.91 Å². The molecule has 1 aromatic carbocycles. The minimum absolute atomic E-state index is 0.0455. The van der Waals surface area contributed by atoms with Crippen LogP contribution in [0.1, 0.15) is 26.4 Å². The molecule has 0 atom stereocenters. The third kappa shape index (κ3) is 4.73. The van der Waals surface area contributed by atoms with Gasteiger partial charge in [0, 0.05) is 17.8 Å². The first-order valence-electron chi connectivity index (χ1n) is 8.28. The van der Waals surface area contributed by atoms with Crippen molar-refractivity contribution in [2.45, 2.75) is 0 Å². The molecule has 0 saturated heterocycles. The lowest BCUT2D eigenvalue weighted by Crippen LogP contribution is -2.12. The van der Waals surface area contributed by atoms with Crippen molar-refractivity contribution in [2.75, 3.05) is 18.5 Å². The Morgan fingerprint density at radius 3 is 2.66 bits per heavy atom. The number of halogens is 3. The maximum absolute atomic E-state index is 14.2. The van der Waals surface area contributed by atoms with E-state index in [9.17, 15) is 14.0 Å². The minimum Gasteiger partial charge on any atom is -0.475 e. The van der Waals surface area contributed by atoms with Crippen molar-refractivity contribution in [2.24, 2.45) is 0 Å². The zero-order valence-corrected chi connectivity index (χ0v) is 16.2. The summed E-state index contributed by atoms with van der Waals surface area (Å²) in [6.45, 7) is -0.0342. The number of anilines is 1. The van der Waals surface area contributed by atoms with Gasteiger partial charge >= 0.3 is 0 Å². The molecule has 29 heavy (non-hydrogen) atoms. The predicted molar refractivity (Wildman–Crippen MR) is 105 cm³/mol. The number of carbonyl (C=O) groups excluding carboxylic acids is 2. The highest BCUT2D eigenvalue weighted by molar-refractivity contribution is 6.37. The van der Waals surface area contributed by atoms with Crippen molar-refractivity contribution in [3.05, 3.63) is 75.4 Å². The number of rotatable bonds is 7. The van der Waals surface area contributed by atoms with Crippen molar-refractivity contribution in [3.63, 3.8) is 0 Å². The molecule has 3 rings (SSSR count). The summed E-state index contributed by atoms with van der Waals surface area (Å²) < 4.78 is 19.3. The number of carbonyl (C=O) groups is 2. The maximum Gasteiger partial charge on any atom is 0.272 e. The third-order valence-corrected chi connectivity index (χ3v) is 4.40. The van der Waals surface area contributed by atoms with Crippen LogP contribution >= 0.6 is 23.2 Å². The number of hydrogen-bond donors (Lipinski definition) is 3. The van der Waals surface area contributed by atoms with E-state index in [2.05, 4.69) is 15.3 Å². The number of aromatic nitrogens is 2. The fraction of sp³-hybridized carbons (Fsp3) is 0.105. The van der Waals surface area contributed by atoms with Crippen LogP contribution in [0.3, 0.4) is 0 Å². The van der Waals surface area contributed by atoms with E-state index in [0.29, 0.717) is 11.6 Å². The Labute approximate surface area is 174 Å². The normalized spacial score (nSPS) is 10.6. The lowest BCUT2D eigenvalue weighted by Gasteiger charge is -2.06. The molecule has 7 nitrogen and oxygen atoms in total. The number of hydrogen-bond acceptors (Lipinski definition) is 5. The van der Waals surface area contributed by atoms with Crippen LogP contribution in [0.5, 0.6) is 5.88 Å². The van der Waals surface area contributed by atoms with E-state index in [1.54, 1.807) is 6.07 Å². The summed E-state index contributed by atoms with van der Waals surface area (Å²) in [6, 6.07) is 6.94. The number of aliphatic hydroxyl groups excluding tert-OH is 1. The largest absolute Gasteiger partial charge is 0.475 e. The standard InChI is InChI=1S/C19H14Cl2FN3O4/c20-12-2-3-13(21)17(22)16(12)18(27)10-7-14(23-8-10)19(28)25-11-1-4-15(24-9-11)29-6-5-26/h1-4,7-9,23,26H,5-6H2,(H,25,28). The summed E-state index contributed by atoms with van der Waals surface area (Å²) in [7, 11) is 0. The molecule has 0 fully saturated rings. The Morgan fingerprint density at radius 1 is 1.21 bits per heavy atom. The van der Waals surface area contributed by atoms with Gasteiger partial charge in [-0.15, -0.1) is 0 Å². The van der Waals surface area contributed by atoms with E-state index in [0.717, 1.165) is 0 Å². The van der Waals surface area contributed by atoms with Crippen molar-refractivity contribution in [3.8, 4) is 5.88 Å². The summed E-state index contributed by atoms with van der Waals surface area (Å²) in [5.41, 5.74) is 0.141. The first-order chi connectivity index (χ1) is 13.9. The molecule has 0 unspecified atom stereocenters. The topological polar surface area (TPSA) is 104 Å². The SMILES string of the molecule is O=C(Nc1ccc(OCCO)nc1)c1cc(C(=O)c2c(Cl)ccc(Cl)c2F)c[nH]1. The number of ketones is 1. The molecule has 0 aliphatic carbocycles. The lowest BCUT2D eigenvalue weighted by atomic mass is 10.0. The second kappa shape index (κ2) is 9.04. The summed E-state index contributed by atoms with van der Waals surface area (Å²) in [5.74, 6) is -1.87. The molecule has 150 valence electrons. The van der Waals surface area contributed by atoms with Gasteiger partial charge in [-0.2, -0.15) is 0 Å². The van der Waals surface area contributed by atoms with Crippen molar-refractivity contribution < 1.29 is 23.8 Å². The second-order valence-corrected chi connectivity index (χ2v) is 6.58. The third-order valence-electron chi connectivity index (χ3n) is 3.80. The van der Waals surface area contributed by atoms with Gasteiger partial charge in [0.2, 0.25) is 5.88 Å². The number of aliphatic hydroxyl groups is 1. The first kappa shape index (κ1) is 20.8. The number of aromatic amines is 1. The fourth-order valence-electron chi connectivity index (χ4n) is 2.42. The highest BCUT2D eigenvalue weighted by Crippen LogP contribution is 2.28. The minimum atomic E-state index is -0.925. The van der Waals surface area contributed by atoms with Crippen LogP contribution in [0.25, 0.3) is 0 Å². The Bertz CT molecular complexity index is 1050. The first-order valence-corrected chi connectivity index (χ1v) is 9.04. The lowest BCUT2D eigenvalue weighted by molar-refractivity contribution is 0.102. The zero-order valence-electron chi connectivity index (χ0n) is 14.7. The van der Waals surface area contributed by atoms with Crippen molar-refractivity contribution in [1.82, 2.24) is 9.97 Å². The van der Waals surface area contributed by atoms with E-state index in [1.807, 2.05) is 0 Å². The average Bonchev–Trinajstić information content (AvgIpc) is 3.21. The van der Waals surface area contributed by atoms with Crippen LogP contribution < -0.4 is 10.1 Å². The number of amides is 1. The molecule has 2 aromatic heterocycles. The monoisotopic (exact) mass is 437 g/mol. The summed E-state index contributed by atoms with van der Waals surface area (Å²) in [5, 5.41) is 11.0. The molecule has 0 aliphatic rings. The quantitative estimate of drug-likeness (QED) is 0.386. The van der Waals surface area contributed by atoms with Gasteiger partial charge in [-0.3, -0.25) is 9.59 Å². The molecule has 3 aromatic rings. The molecule has 2 heterocycles. The molecule has 0 saturated carbocycles. The van der Waals surface area contributed by atoms with Crippen LogP contribution in [0.2, 0.25) is 10.0 Å². The van der Waals surface area contributed by atoms with Crippen LogP contribution in [-0.4, -0.2) is 40.0 Å². The molecule has 0 radical (unpaired) electrons. The van der Waals surface area contributed by atoms with Crippen molar-refractivity contribution in [1.29, 1.82) is 0 Å². The Morgan fingerprint density at radius 2 is 1.97 bits per heavy atom. The second-order valence-electron chi connectivity index (χ2n) is 5.76. The average molecular weight is 438 g/mol. The number of benzene rings is 1. The Kier molecular flexibility index (Phi) is 6.48. The molecule has 3 N–H and O–H groups in total. The molecule has 10 heteroatoms. The van der Waals surface area contributed by atoms with E-state index < -0.39 is 17.5 Å². The summed E-state index contributed by atoms with van der Waals surface area (Å²) in [4.78, 5) is 31.6. The molecular weight excluding hydrogens is 424 g/mol. The molecule has 0 bridgehead atoms. The predicted octanol–water partition coefficient (Wildman–Crippen LogP) is 3.71. The van der Waals surface area contributed by atoms with E-state index in [-0.39, 0.29) is 40.1 Å². The number of ether oxygens (including phenoxy) is 1. The summed E-state index contributed by atoms with van der Waals surface area (Å²) >= 11 is 11.6. The van der Waals surface area contributed by atoms with Crippen LogP contribution in [0.15, 0.2) is 42.7 Å². The maximum atomic E-state index is 14.2. The Hall–Kier alpha value is -2.94. The summed E-state index contributed by atoms with van der Waals surface area (Å²) in [6.07, 6.45) is 2.65. The van der Waals surface area contributed by atoms with Crippen molar-refractivity contribution >= 4 is 40.6 Å². The molecular formula is C19H14Cl2FN3O4. The van der Waals surface area contributed by atoms with Crippen LogP contribution in [0, 0.1) is 5.82 Å². The van der Waals surface area contributed by atoms with Gasteiger partial charge in [0.1, 0.15) is 12.3 Å². The van der Waals surface area contributed by atoms with Crippen LogP contribution in [0.4, 0.5) is 10.1 Å². The highest BCUT2D eigenvalue weighted by atomic mass is 35.5. The molecule has 0 aliphatic heterocycles. The number of H-pyrrole nitrogens is 1. The Balaban J connectivity index is 1.73. The van der Waals surface area contributed by atoms with Gasteiger partial charge in [0.15, 0.2) is 11.6 Å². The number of pyridine rings is 1. The van der Waals surface area contributed by atoms with Crippen LogP contribution in [-0.2, 0) is 0 Å². The fourth-order valence-corrected chi connectivity index (χ4v) is 2.81. The van der Waals surface area contributed by atoms with Gasteiger partial charge < -0.3 is 20.1 Å². The molecule has 1 amide bonds. The van der Waals surface area contributed by atoms with E-state index in [4.69, 9.17) is 33.0 Å². The smallest absolute Gasteiger partial charge is 0.272 e. The van der Waals surface area contributed by atoms with Gasteiger partial charge in [-0.25, -0.2) is 9.37 Å². The highest BCUT2D eigenvalue weighted by Gasteiger charge is 2.22. The number of nitrogens with one attached hydrogen (secondary N) is 2. The zero-order chi connectivity index (χ0) is 21.0. The van der Waals surface area contributed by atoms with Gasteiger partial charge in [0.05, 0.1) is 34.1 Å². The van der Waals surface area contributed by atoms with E-state index >= 15 is 0 Å².